The minimum atomic E-state index is -0.412. The molecule has 0 radical (unpaired) electrons. The van der Waals surface area contributed by atoms with E-state index < -0.39 is 6.04 Å². The van der Waals surface area contributed by atoms with Crippen molar-refractivity contribution in [3.8, 4) is 11.5 Å². The van der Waals surface area contributed by atoms with E-state index in [2.05, 4.69) is 0 Å². The lowest BCUT2D eigenvalue weighted by atomic mass is 10.1. The van der Waals surface area contributed by atoms with Crippen molar-refractivity contribution in [1.29, 1.82) is 0 Å². The molecule has 6 nitrogen and oxygen atoms in total. The SMILES string of the molecule is CC(C)N(C)C(=O)[C@H]1CSCN1C(=O)c1ccc2c(c1)OCO2. The standard InChI is InChI=1S/C16H20N2O4S/c1-10(2)17(3)16(20)12-7-23-8-18(12)15(19)11-4-5-13-14(6-11)22-9-21-13/h4-6,10,12H,7-9H2,1-3H3/t12-/m1/s1. The van der Waals surface area contributed by atoms with Gasteiger partial charge in [0.15, 0.2) is 11.5 Å². The van der Waals surface area contributed by atoms with Gasteiger partial charge in [-0.2, -0.15) is 0 Å². The van der Waals surface area contributed by atoms with Crippen LogP contribution in [0, 0.1) is 0 Å². The summed E-state index contributed by atoms with van der Waals surface area (Å²) < 4.78 is 10.6. The van der Waals surface area contributed by atoms with E-state index in [1.165, 1.54) is 0 Å². The summed E-state index contributed by atoms with van der Waals surface area (Å²) in [5, 5.41) is 0. The number of likely N-dealkylation sites (N-methyl/N-ethyl adjacent to an activating group) is 1. The van der Waals surface area contributed by atoms with Crippen molar-refractivity contribution in [3.05, 3.63) is 23.8 Å². The molecule has 3 rings (SSSR count). The molecule has 2 amide bonds. The van der Waals surface area contributed by atoms with Crippen LogP contribution in [0.3, 0.4) is 0 Å². The molecule has 0 bridgehead atoms. The van der Waals surface area contributed by atoms with E-state index in [-0.39, 0.29) is 24.6 Å². The van der Waals surface area contributed by atoms with Gasteiger partial charge < -0.3 is 19.3 Å². The molecule has 2 aliphatic heterocycles. The van der Waals surface area contributed by atoms with E-state index >= 15 is 0 Å². The number of benzene rings is 1. The molecular formula is C16H20N2O4S. The third-order valence-corrected chi connectivity index (χ3v) is 5.18. The zero-order valence-corrected chi connectivity index (χ0v) is 14.3. The highest BCUT2D eigenvalue weighted by atomic mass is 32.2. The second kappa shape index (κ2) is 6.31. The molecule has 23 heavy (non-hydrogen) atoms. The fraction of sp³-hybridized carbons (Fsp3) is 0.500. The number of ether oxygens (including phenoxy) is 2. The zero-order chi connectivity index (χ0) is 16.6. The van der Waals surface area contributed by atoms with Crippen LogP contribution in [0.1, 0.15) is 24.2 Å². The van der Waals surface area contributed by atoms with Gasteiger partial charge in [-0.3, -0.25) is 9.59 Å². The Morgan fingerprint density at radius 3 is 2.78 bits per heavy atom. The lowest BCUT2D eigenvalue weighted by Gasteiger charge is -2.29. The van der Waals surface area contributed by atoms with Gasteiger partial charge in [0, 0.05) is 24.4 Å². The first-order valence-electron chi connectivity index (χ1n) is 7.54. The monoisotopic (exact) mass is 336 g/mol. The summed E-state index contributed by atoms with van der Waals surface area (Å²) >= 11 is 1.60. The predicted molar refractivity (Wildman–Crippen MR) is 87.8 cm³/mol. The number of thioether (sulfide) groups is 1. The topological polar surface area (TPSA) is 59.1 Å². The van der Waals surface area contributed by atoms with Crippen molar-refractivity contribution < 1.29 is 19.1 Å². The Balaban J connectivity index is 1.79. The van der Waals surface area contributed by atoms with E-state index in [0.717, 1.165) is 0 Å². The lowest BCUT2D eigenvalue weighted by Crippen LogP contribution is -2.49. The smallest absolute Gasteiger partial charge is 0.255 e. The van der Waals surface area contributed by atoms with Crippen molar-refractivity contribution in [3.63, 3.8) is 0 Å². The Labute approximate surface area is 139 Å². The summed E-state index contributed by atoms with van der Waals surface area (Å²) in [6.45, 7) is 4.10. The van der Waals surface area contributed by atoms with Crippen LogP contribution in [0.5, 0.6) is 11.5 Å². The van der Waals surface area contributed by atoms with Gasteiger partial charge >= 0.3 is 0 Å². The van der Waals surface area contributed by atoms with Gasteiger partial charge in [-0.15, -0.1) is 11.8 Å². The van der Waals surface area contributed by atoms with E-state index in [0.29, 0.717) is 28.7 Å². The number of fused-ring (bicyclic) bond motifs is 1. The molecule has 2 heterocycles. The first-order valence-corrected chi connectivity index (χ1v) is 8.69. The maximum Gasteiger partial charge on any atom is 0.255 e. The van der Waals surface area contributed by atoms with E-state index in [1.54, 1.807) is 46.8 Å². The first kappa shape index (κ1) is 16.0. The molecule has 1 saturated heterocycles. The second-order valence-corrected chi connectivity index (χ2v) is 6.90. The molecule has 124 valence electrons. The van der Waals surface area contributed by atoms with Crippen LogP contribution in [-0.2, 0) is 4.79 Å². The normalized spacial score (nSPS) is 19.3. The van der Waals surface area contributed by atoms with Crippen LogP contribution < -0.4 is 9.47 Å². The van der Waals surface area contributed by atoms with Crippen LogP contribution in [0.25, 0.3) is 0 Å². The third kappa shape index (κ3) is 2.97. The highest BCUT2D eigenvalue weighted by Gasteiger charge is 2.37. The Morgan fingerprint density at radius 1 is 1.30 bits per heavy atom. The number of carbonyl (C=O) groups excluding carboxylic acids is 2. The molecule has 0 aliphatic carbocycles. The van der Waals surface area contributed by atoms with Gasteiger partial charge in [0.25, 0.3) is 5.91 Å². The Kier molecular flexibility index (Phi) is 4.39. The highest BCUT2D eigenvalue weighted by Crippen LogP contribution is 2.34. The minimum Gasteiger partial charge on any atom is -0.454 e. The maximum atomic E-state index is 12.8. The molecular weight excluding hydrogens is 316 g/mol. The Hall–Kier alpha value is -1.89. The number of amides is 2. The number of carbonyl (C=O) groups is 2. The summed E-state index contributed by atoms with van der Waals surface area (Å²) in [4.78, 5) is 28.7. The summed E-state index contributed by atoms with van der Waals surface area (Å²) in [7, 11) is 1.78. The number of nitrogens with zero attached hydrogens (tertiary/aromatic N) is 2. The van der Waals surface area contributed by atoms with Crippen molar-refractivity contribution in [1.82, 2.24) is 9.80 Å². The average molecular weight is 336 g/mol. The van der Waals surface area contributed by atoms with Gasteiger partial charge in [-0.05, 0) is 32.0 Å². The fourth-order valence-corrected chi connectivity index (χ4v) is 3.68. The summed E-state index contributed by atoms with van der Waals surface area (Å²) in [5.74, 6) is 2.21. The van der Waals surface area contributed by atoms with Gasteiger partial charge in [-0.25, -0.2) is 0 Å². The summed E-state index contributed by atoms with van der Waals surface area (Å²) in [5.41, 5.74) is 0.516. The van der Waals surface area contributed by atoms with Gasteiger partial charge in [0.1, 0.15) is 6.04 Å². The van der Waals surface area contributed by atoms with Crippen molar-refractivity contribution in [2.45, 2.75) is 25.9 Å². The second-order valence-electron chi connectivity index (χ2n) is 5.90. The van der Waals surface area contributed by atoms with E-state index in [9.17, 15) is 9.59 Å². The van der Waals surface area contributed by atoms with Crippen molar-refractivity contribution in [2.75, 3.05) is 25.5 Å². The number of rotatable bonds is 3. The maximum absolute atomic E-state index is 12.8. The minimum absolute atomic E-state index is 0.0147. The van der Waals surface area contributed by atoms with Crippen LogP contribution in [-0.4, -0.2) is 59.2 Å². The van der Waals surface area contributed by atoms with E-state index in [4.69, 9.17) is 9.47 Å². The molecule has 0 spiro atoms. The summed E-state index contributed by atoms with van der Waals surface area (Å²) in [6.07, 6.45) is 0. The molecule has 0 aromatic heterocycles. The average Bonchev–Trinajstić information content (AvgIpc) is 3.20. The van der Waals surface area contributed by atoms with Gasteiger partial charge in [-0.1, -0.05) is 0 Å². The largest absolute Gasteiger partial charge is 0.454 e. The fourth-order valence-electron chi connectivity index (χ4n) is 2.53. The summed E-state index contributed by atoms with van der Waals surface area (Å²) in [6, 6.07) is 4.82. The molecule has 2 aliphatic rings. The van der Waals surface area contributed by atoms with Crippen LogP contribution in [0.2, 0.25) is 0 Å². The van der Waals surface area contributed by atoms with Crippen molar-refractivity contribution in [2.24, 2.45) is 0 Å². The van der Waals surface area contributed by atoms with Crippen molar-refractivity contribution >= 4 is 23.6 Å². The Bertz CT molecular complexity index is 635. The number of hydrogen-bond acceptors (Lipinski definition) is 5. The molecule has 1 aromatic rings. The lowest BCUT2D eigenvalue weighted by molar-refractivity contribution is -0.135. The highest BCUT2D eigenvalue weighted by molar-refractivity contribution is 7.99. The molecule has 1 atom stereocenters. The third-order valence-electron chi connectivity index (χ3n) is 4.17. The quantitative estimate of drug-likeness (QED) is 0.842. The van der Waals surface area contributed by atoms with Crippen LogP contribution >= 0.6 is 11.8 Å². The molecule has 0 N–H and O–H groups in total. The number of hydrogen-bond donors (Lipinski definition) is 0. The predicted octanol–water partition coefficient (Wildman–Crippen LogP) is 1.80. The molecule has 7 heteroatoms. The zero-order valence-electron chi connectivity index (χ0n) is 13.4. The van der Waals surface area contributed by atoms with Gasteiger partial charge in [0.05, 0.1) is 5.88 Å². The molecule has 1 aromatic carbocycles. The molecule has 0 saturated carbocycles. The van der Waals surface area contributed by atoms with Crippen LogP contribution in [0.4, 0.5) is 0 Å². The first-order chi connectivity index (χ1) is 11.0. The Morgan fingerprint density at radius 2 is 2.04 bits per heavy atom. The van der Waals surface area contributed by atoms with Gasteiger partial charge in [0.2, 0.25) is 12.7 Å². The molecule has 1 fully saturated rings. The van der Waals surface area contributed by atoms with E-state index in [1.807, 2.05) is 13.8 Å². The molecule has 0 unspecified atom stereocenters. The van der Waals surface area contributed by atoms with Crippen LogP contribution in [0.15, 0.2) is 18.2 Å².